The van der Waals surface area contributed by atoms with Crippen LogP contribution in [-0.2, 0) is 0 Å². The molecule has 0 aliphatic heterocycles. The number of amides is 2. The number of rotatable bonds is 4. The molecule has 0 spiro atoms. The van der Waals surface area contributed by atoms with Crippen molar-refractivity contribution in [2.75, 3.05) is 0 Å². The van der Waals surface area contributed by atoms with E-state index in [1.165, 1.54) is 0 Å². The predicted octanol–water partition coefficient (Wildman–Crippen LogP) is 2.19. The topological polar surface area (TPSA) is 96.9 Å². The fraction of sp³-hybridized carbons (Fsp3) is 0.450. The molecule has 4 rings (SSSR count). The van der Waals surface area contributed by atoms with E-state index in [1.54, 1.807) is 37.5 Å². The third-order valence-electron chi connectivity index (χ3n) is 5.73. The lowest BCUT2D eigenvalue weighted by molar-refractivity contribution is 0.0827. The van der Waals surface area contributed by atoms with Crippen molar-refractivity contribution in [2.24, 2.45) is 0 Å². The maximum atomic E-state index is 12.7. The largest absolute Gasteiger partial charge is 0.345 e. The maximum Gasteiger partial charge on any atom is 0.270 e. The summed E-state index contributed by atoms with van der Waals surface area (Å²) in [5.41, 5.74) is 0.251. The number of carbonyl (C=O) groups is 2. The lowest BCUT2D eigenvalue weighted by atomic mass is 9.78. The smallest absolute Gasteiger partial charge is 0.270 e. The molecule has 0 radical (unpaired) electrons. The van der Waals surface area contributed by atoms with Gasteiger partial charge in [0.2, 0.25) is 0 Å². The predicted molar refractivity (Wildman–Crippen MR) is 99.1 cm³/mol. The Hall–Kier alpha value is -2.83. The van der Waals surface area contributed by atoms with E-state index in [1.807, 2.05) is 6.07 Å². The summed E-state index contributed by atoms with van der Waals surface area (Å²) in [4.78, 5) is 37.7. The van der Waals surface area contributed by atoms with Crippen LogP contribution in [0.15, 0.2) is 36.7 Å². The molecule has 2 unspecified atom stereocenters. The van der Waals surface area contributed by atoms with E-state index >= 15 is 0 Å². The van der Waals surface area contributed by atoms with Gasteiger partial charge in [-0.05, 0) is 63.6 Å². The van der Waals surface area contributed by atoms with Gasteiger partial charge in [0.15, 0.2) is 0 Å². The summed E-state index contributed by atoms with van der Waals surface area (Å²) in [6.07, 6.45) is 8.48. The molecule has 2 atom stereocenters. The second-order valence-electron chi connectivity index (χ2n) is 7.70. The summed E-state index contributed by atoms with van der Waals surface area (Å²) in [7, 11) is 0. The Morgan fingerprint density at radius 1 is 0.889 bits per heavy atom. The number of carbonyl (C=O) groups excluding carboxylic acids is 2. The molecule has 2 aromatic rings. The number of nitrogens with one attached hydrogen (secondary N) is 2. The second kappa shape index (κ2) is 6.72. The summed E-state index contributed by atoms with van der Waals surface area (Å²) in [5, 5.41) is 6.42. The van der Waals surface area contributed by atoms with Gasteiger partial charge >= 0.3 is 0 Å². The van der Waals surface area contributed by atoms with Crippen molar-refractivity contribution in [3.8, 4) is 0 Å². The first-order valence-electron chi connectivity index (χ1n) is 9.35. The van der Waals surface area contributed by atoms with Gasteiger partial charge in [0.05, 0.1) is 0 Å². The van der Waals surface area contributed by atoms with Gasteiger partial charge in [-0.2, -0.15) is 0 Å². The van der Waals surface area contributed by atoms with E-state index in [0.717, 1.165) is 38.5 Å². The van der Waals surface area contributed by atoms with Crippen molar-refractivity contribution >= 4 is 11.8 Å². The standard InChI is InChI=1S/C20H23N5O2/c1-14-21-12-6-16(23-14)18(27)25-20-8-4-7-19(13-20,9-10-20)24-17(26)15-5-2-3-11-22-15/h2-3,5-6,11-12H,4,7-10,13H2,1H3,(H,24,26)(H,25,27). The highest BCUT2D eigenvalue weighted by molar-refractivity contribution is 5.93. The van der Waals surface area contributed by atoms with E-state index in [2.05, 4.69) is 25.6 Å². The van der Waals surface area contributed by atoms with Crippen LogP contribution >= 0.6 is 0 Å². The number of fused-ring (bicyclic) bond motifs is 2. The van der Waals surface area contributed by atoms with Gasteiger partial charge in [0.25, 0.3) is 11.8 Å². The van der Waals surface area contributed by atoms with Crippen molar-refractivity contribution in [1.29, 1.82) is 0 Å². The van der Waals surface area contributed by atoms with Crippen LogP contribution < -0.4 is 10.6 Å². The van der Waals surface area contributed by atoms with Crippen molar-refractivity contribution in [1.82, 2.24) is 25.6 Å². The molecule has 2 amide bonds. The molecule has 2 N–H and O–H groups in total. The number of hydrogen-bond donors (Lipinski definition) is 2. The summed E-state index contributed by atoms with van der Waals surface area (Å²) in [5.74, 6) is 0.257. The molecular formula is C20H23N5O2. The first-order valence-corrected chi connectivity index (χ1v) is 9.35. The van der Waals surface area contributed by atoms with E-state index < -0.39 is 0 Å². The second-order valence-corrected chi connectivity index (χ2v) is 7.70. The summed E-state index contributed by atoms with van der Waals surface area (Å²) in [6, 6.07) is 6.95. The van der Waals surface area contributed by atoms with Gasteiger partial charge in [-0.15, -0.1) is 0 Å². The minimum absolute atomic E-state index is 0.147. The minimum atomic E-state index is -0.286. The van der Waals surface area contributed by atoms with Crippen molar-refractivity contribution in [2.45, 2.75) is 56.5 Å². The van der Waals surface area contributed by atoms with Crippen molar-refractivity contribution < 1.29 is 9.59 Å². The molecule has 2 aliphatic rings. The SMILES string of the molecule is Cc1nccc(C(=O)NC23CCCC(NC(=O)c4ccccn4)(CC2)C3)n1. The molecule has 2 aromatic heterocycles. The number of nitrogens with zero attached hydrogens (tertiary/aromatic N) is 3. The monoisotopic (exact) mass is 365 g/mol. The minimum Gasteiger partial charge on any atom is -0.345 e. The number of hydrogen-bond acceptors (Lipinski definition) is 5. The molecule has 140 valence electrons. The van der Waals surface area contributed by atoms with Crippen molar-refractivity contribution in [3.63, 3.8) is 0 Å². The van der Waals surface area contributed by atoms with Crippen LogP contribution in [0, 0.1) is 6.92 Å². The highest BCUT2D eigenvalue weighted by Gasteiger charge is 2.52. The van der Waals surface area contributed by atoms with E-state index in [-0.39, 0.29) is 22.9 Å². The quantitative estimate of drug-likeness (QED) is 0.866. The fourth-order valence-electron chi connectivity index (χ4n) is 4.52. The Bertz CT molecular complexity index is 872. The zero-order valence-electron chi connectivity index (χ0n) is 15.4. The third-order valence-corrected chi connectivity index (χ3v) is 5.73. The molecule has 2 bridgehead atoms. The molecule has 2 heterocycles. The van der Waals surface area contributed by atoms with Crippen LogP contribution in [0.3, 0.4) is 0 Å². The van der Waals surface area contributed by atoms with Crippen LogP contribution in [0.2, 0.25) is 0 Å². The molecule has 2 saturated carbocycles. The lowest BCUT2D eigenvalue weighted by Crippen LogP contribution is -2.55. The normalized spacial score (nSPS) is 26.4. The Balaban J connectivity index is 1.48. The van der Waals surface area contributed by atoms with Crippen molar-refractivity contribution in [3.05, 3.63) is 53.9 Å². The van der Waals surface area contributed by atoms with Crippen LogP contribution in [0.5, 0.6) is 0 Å². The van der Waals surface area contributed by atoms with Gasteiger partial charge in [0, 0.05) is 23.5 Å². The van der Waals surface area contributed by atoms with Gasteiger partial charge in [0.1, 0.15) is 17.2 Å². The van der Waals surface area contributed by atoms with Gasteiger partial charge in [-0.1, -0.05) is 6.07 Å². The van der Waals surface area contributed by atoms with E-state index in [0.29, 0.717) is 17.2 Å². The molecule has 0 aromatic carbocycles. The molecule has 27 heavy (non-hydrogen) atoms. The van der Waals surface area contributed by atoms with Crippen LogP contribution in [-0.4, -0.2) is 37.8 Å². The van der Waals surface area contributed by atoms with E-state index in [4.69, 9.17) is 0 Å². The first kappa shape index (κ1) is 17.6. The Labute approximate surface area is 158 Å². The summed E-state index contributed by atoms with van der Waals surface area (Å²) in [6.45, 7) is 1.77. The number of aryl methyl sites for hydroxylation is 1. The average Bonchev–Trinajstić information content (AvgIpc) is 2.92. The molecule has 2 aliphatic carbocycles. The molecule has 7 heteroatoms. The Morgan fingerprint density at radius 3 is 2.22 bits per heavy atom. The van der Waals surface area contributed by atoms with Gasteiger partial charge in [-0.25, -0.2) is 9.97 Å². The lowest BCUT2D eigenvalue weighted by Gasteiger charge is -2.40. The fourth-order valence-corrected chi connectivity index (χ4v) is 4.52. The average molecular weight is 365 g/mol. The van der Waals surface area contributed by atoms with Crippen LogP contribution in [0.4, 0.5) is 0 Å². The van der Waals surface area contributed by atoms with Gasteiger partial charge in [-0.3, -0.25) is 14.6 Å². The highest BCUT2D eigenvalue weighted by atomic mass is 16.2. The Kier molecular flexibility index (Phi) is 4.37. The maximum absolute atomic E-state index is 12.7. The zero-order valence-corrected chi connectivity index (χ0v) is 15.4. The Morgan fingerprint density at radius 2 is 1.59 bits per heavy atom. The number of aromatic nitrogens is 3. The molecule has 7 nitrogen and oxygen atoms in total. The summed E-state index contributed by atoms with van der Waals surface area (Å²) < 4.78 is 0. The van der Waals surface area contributed by atoms with Gasteiger partial charge < -0.3 is 10.6 Å². The van der Waals surface area contributed by atoms with Crippen LogP contribution in [0.25, 0.3) is 0 Å². The molecular weight excluding hydrogens is 342 g/mol. The molecule has 2 fully saturated rings. The highest BCUT2D eigenvalue weighted by Crippen LogP contribution is 2.48. The number of pyridine rings is 1. The molecule has 0 saturated heterocycles. The van der Waals surface area contributed by atoms with Crippen LogP contribution in [0.1, 0.15) is 65.3 Å². The first-order chi connectivity index (χ1) is 13.0. The third kappa shape index (κ3) is 3.54. The van der Waals surface area contributed by atoms with E-state index in [9.17, 15) is 9.59 Å². The summed E-state index contributed by atoms with van der Waals surface area (Å²) >= 11 is 0. The zero-order chi connectivity index (χ0) is 18.9.